The van der Waals surface area contributed by atoms with E-state index in [1.807, 2.05) is 6.92 Å². The monoisotopic (exact) mass is 473 g/mol. The molecular formula is C20H32IN3O2. The zero-order chi connectivity index (χ0) is 17.9. The van der Waals surface area contributed by atoms with Crippen LogP contribution in [0.15, 0.2) is 35.3 Å². The van der Waals surface area contributed by atoms with Crippen molar-refractivity contribution in [2.24, 2.45) is 4.99 Å². The van der Waals surface area contributed by atoms with Gasteiger partial charge in [0, 0.05) is 25.1 Å². The van der Waals surface area contributed by atoms with Gasteiger partial charge in [-0.15, -0.1) is 24.0 Å². The normalized spacial score (nSPS) is 17.2. The minimum atomic E-state index is 0. The SMILES string of the molecule is C/C=C/CCNC(=NCc1ccc(C)cc1OC1CCOC1)NCC.I. The highest BCUT2D eigenvalue weighted by Crippen LogP contribution is 2.24. The van der Waals surface area contributed by atoms with Crippen LogP contribution in [-0.4, -0.2) is 38.4 Å². The number of allylic oxidation sites excluding steroid dienone is 1. The number of hydrogen-bond acceptors (Lipinski definition) is 3. The molecule has 0 radical (unpaired) electrons. The van der Waals surface area contributed by atoms with E-state index in [2.05, 4.69) is 54.8 Å². The number of nitrogens with zero attached hydrogens (tertiary/aromatic N) is 1. The van der Waals surface area contributed by atoms with Crippen LogP contribution in [0.5, 0.6) is 5.75 Å². The Labute approximate surface area is 174 Å². The van der Waals surface area contributed by atoms with Gasteiger partial charge in [0.1, 0.15) is 11.9 Å². The van der Waals surface area contributed by atoms with E-state index in [1.54, 1.807) is 0 Å². The van der Waals surface area contributed by atoms with Gasteiger partial charge in [-0.1, -0.05) is 24.3 Å². The van der Waals surface area contributed by atoms with Crippen molar-refractivity contribution in [1.82, 2.24) is 10.6 Å². The Bertz CT molecular complexity index is 584. The van der Waals surface area contributed by atoms with Crippen molar-refractivity contribution in [3.63, 3.8) is 0 Å². The Balaban J connectivity index is 0.00000338. The summed E-state index contributed by atoms with van der Waals surface area (Å²) in [6.45, 7) is 9.94. The van der Waals surface area contributed by atoms with Crippen molar-refractivity contribution in [1.29, 1.82) is 0 Å². The van der Waals surface area contributed by atoms with Gasteiger partial charge in [-0.3, -0.25) is 0 Å². The van der Waals surface area contributed by atoms with Gasteiger partial charge in [0.2, 0.25) is 0 Å². The van der Waals surface area contributed by atoms with Gasteiger partial charge in [0.15, 0.2) is 5.96 Å². The van der Waals surface area contributed by atoms with Crippen LogP contribution in [0.1, 0.15) is 37.8 Å². The second kappa shape index (κ2) is 13.0. The topological polar surface area (TPSA) is 54.9 Å². The smallest absolute Gasteiger partial charge is 0.191 e. The lowest BCUT2D eigenvalue weighted by Gasteiger charge is -2.16. The fraction of sp³-hybridized carbons (Fsp3) is 0.550. The zero-order valence-corrected chi connectivity index (χ0v) is 18.4. The van der Waals surface area contributed by atoms with Crippen LogP contribution in [-0.2, 0) is 11.3 Å². The van der Waals surface area contributed by atoms with Crippen molar-refractivity contribution in [2.45, 2.75) is 46.3 Å². The first-order valence-electron chi connectivity index (χ1n) is 9.20. The van der Waals surface area contributed by atoms with Crippen LogP contribution < -0.4 is 15.4 Å². The molecule has 1 heterocycles. The maximum atomic E-state index is 6.15. The molecule has 0 saturated carbocycles. The summed E-state index contributed by atoms with van der Waals surface area (Å²) in [7, 11) is 0. The molecule has 2 rings (SSSR count). The van der Waals surface area contributed by atoms with Gasteiger partial charge in [-0.25, -0.2) is 4.99 Å². The van der Waals surface area contributed by atoms with Crippen molar-refractivity contribution in [2.75, 3.05) is 26.3 Å². The van der Waals surface area contributed by atoms with Crippen molar-refractivity contribution in [3.8, 4) is 5.75 Å². The van der Waals surface area contributed by atoms with Crippen LogP contribution in [0.25, 0.3) is 0 Å². The lowest BCUT2D eigenvalue weighted by Crippen LogP contribution is -2.37. The summed E-state index contributed by atoms with van der Waals surface area (Å²) in [5.41, 5.74) is 2.29. The van der Waals surface area contributed by atoms with Crippen LogP contribution in [0.3, 0.4) is 0 Å². The number of hydrogen-bond donors (Lipinski definition) is 2. The highest BCUT2D eigenvalue weighted by molar-refractivity contribution is 14.0. The number of aryl methyl sites for hydroxylation is 1. The molecule has 1 aliphatic rings. The summed E-state index contributed by atoms with van der Waals surface area (Å²) < 4.78 is 11.6. The predicted octanol–water partition coefficient (Wildman–Crippen LogP) is 3.80. The first kappa shape index (κ1) is 22.8. The van der Waals surface area contributed by atoms with Gasteiger partial charge >= 0.3 is 0 Å². The average molecular weight is 473 g/mol. The third kappa shape index (κ3) is 7.95. The number of aliphatic imine (C=N–C) groups is 1. The van der Waals surface area contributed by atoms with Gasteiger partial charge in [-0.2, -0.15) is 0 Å². The standard InChI is InChI=1S/C20H31N3O2.HI/c1-4-6-7-11-22-20(21-5-2)23-14-17-9-8-16(3)13-19(17)25-18-10-12-24-15-18;/h4,6,8-9,13,18H,5,7,10-12,14-15H2,1-3H3,(H2,21,22,23);1H/b6-4+;. The molecule has 26 heavy (non-hydrogen) atoms. The molecular weight excluding hydrogens is 441 g/mol. The van der Waals surface area contributed by atoms with Gasteiger partial charge in [0.25, 0.3) is 0 Å². The molecule has 0 amide bonds. The van der Waals surface area contributed by atoms with E-state index in [0.717, 1.165) is 49.8 Å². The first-order valence-corrected chi connectivity index (χ1v) is 9.20. The Hall–Kier alpha value is -1.28. The fourth-order valence-electron chi connectivity index (χ4n) is 2.63. The van der Waals surface area contributed by atoms with E-state index in [0.29, 0.717) is 13.2 Å². The maximum absolute atomic E-state index is 6.15. The largest absolute Gasteiger partial charge is 0.488 e. The molecule has 1 saturated heterocycles. The minimum absolute atomic E-state index is 0. The Morgan fingerprint density at radius 2 is 2.23 bits per heavy atom. The molecule has 146 valence electrons. The summed E-state index contributed by atoms with van der Waals surface area (Å²) in [5, 5.41) is 6.64. The van der Waals surface area contributed by atoms with Crippen LogP contribution >= 0.6 is 24.0 Å². The second-order valence-corrected chi connectivity index (χ2v) is 6.19. The fourth-order valence-corrected chi connectivity index (χ4v) is 2.63. The molecule has 0 aliphatic carbocycles. The molecule has 0 spiro atoms. The Morgan fingerprint density at radius 3 is 2.92 bits per heavy atom. The summed E-state index contributed by atoms with van der Waals surface area (Å²) in [5.74, 6) is 1.76. The molecule has 1 unspecified atom stereocenters. The average Bonchev–Trinajstić information content (AvgIpc) is 3.11. The number of benzene rings is 1. The summed E-state index contributed by atoms with van der Waals surface area (Å²) in [6.07, 6.45) is 6.30. The summed E-state index contributed by atoms with van der Waals surface area (Å²) in [4.78, 5) is 4.71. The van der Waals surface area contributed by atoms with Crippen LogP contribution in [0.4, 0.5) is 0 Å². The highest BCUT2D eigenvalue weighted by atomic mass is 127. The summed E-state index contributed by atoms with van der Waals surface area (Å²) >= 11 is 0. The molecule has 1 atom stereocenters. The number of nitrogens with one attached hydrogen (secondary N) is 2. The van der Waals surface area contributed by atoms with E-state index in [9.17, 15) is 0 Å². The van der Waals surface area contributed by atoms with E-state index in [4.69, 9.17) is 14.5 Å². The quantitative estimate of drug-likeness (QED) is 0.198. The van der Waals surface area contributed by atoms with E-state index in [1.165, 1.54) is 5.56 Å². The Morgan fingerprint density at radius 1 is 1.38 bits per heavy atom. The molecule has 1 aliphatic heterocycles. The van der Waals surface area contributed by atoms with Crippen molar-refractivity contribution < 1.29 is 9.47 Å². The van der Waals surface area contributed by atoms with Gasteiger partial charge < -0.3 is 20.1 Å². The molecule has 0 aromatic heterocycles. The van der Waals surface area contributed by atoms with Crippen molar-refractivity contribution in [3.05, 3.63) is 41.5 Å². The van der Waals surface area contributed by atoms with E-state index >= 15 is 0 Å². The lowest BCUT2D eigenvalue weighted by atomic mass is 10.1. The van der Waals surface area contributed by atoms with E-state index < -0.39 is 0 Å². The number of ether oxygens (including phenoxy) is 2. The minimum Gasteiger partial charge on any atom is -0.488 e. The molecule has 2 N–H and O–H groups in total. The maximum Gasteiger partial charge on any atom is 0.191 e. The van der Waals surface area contributed by atoms with Crippen molar-refractivity contribution >= 4 is 29.9 Å². The molecule has 1 aromatic rings. The molecule has 1 aromatic carbocycles. The molecule has 5 nitrogen and oxygen atoms in total. The number of rotatable bonds is 8. The summed E-state index contributed by atoms with van der Waals surface area (Å²) in [6, 6.07) is 6.30. The molecule has 1 fully saturated rings. The highest BCUT2D eigenvalue weighted by Gasteiger charge is 2.18. The first-order chi connectivity index (χ1) is 12.2. The third-order valence-electron chi connectivity index (χ3n) is 4.00. The van der Waals surface area contributed by atoms with Crippen LogP contribution in [0, 0.1) is 6.92 Å². The van der Waals surface area contributed by atoms with E-state index in [-0.39, 0.29) is 30.1 Å². The van der Waals surface area contributed by atoms with Gasteiger partial charge in [0.05, 0.1) is 19.8 Å². The second-order valence-electron chi connectivity index (χ2n) is 6.19. The van der Waals surface area contributed by atoms with Gasteiger partial charge in [-0.05, 0) is 38.8 Å². The lowest BCUT2D eigenvalue weighted by molar-refractivity contribution is 0.140. The molecule has 6 heteroatoms. The molecule has 0 bridgehead atoms. The zero-order valence-electron chi connectivity index (χ0n) is 16.1. The van der Waals surface area contributed by atoms with Crippen LogP contribution in [0.2, 0.25) is 0 Å². The number of guanidine groups is 1. The number of halogens is 1. The predicted molar refractivity (Wildman–Crippen MR) is 119 cm³/mol. The Kier molecular flexibility index (Phi) is 11.4. The third-order valence-corrected chi connectivity index (χ3v) is 4.00.